The topological polar surface area (TPSA) is 61.9 Å². The second-order valence-electron chi connectivity index (χ2n) is 6.46. The van der Waals surface area contributed by atoms with Crippen molar-refractivity contribution in [2.45, 2.75) is 6.92 Å². The number of carbonyl (C=O) groups excluding carboxylic acids is 2. The van der Waals surface area contributed by atoms with Crippen LogP contribution in [0.25, 0.3) is 0 Å². The predicted molar refractivity (Wildman–Crippen MR) is 112 cm³/mol. The lowest BCUT2D eigenvalue weighted by Gasteiger charge is -2.36. The third-order valence-corrected chi connectivity index (χ3v) is 5.28. The summed E-state index contributed by atoms with van der Waals surface area (Å²) in [4.78, 5) is 27.9. The third-order valence-electron chi connectivity index (χ3n) is 4.69. The lowest BCUT2D eigenvalue weighted by atomic mass is 10.2. The van der Waals surface area contributed by atoms with Crippen molar-refractivity contribution in [3.63, 3.8) is 0 Å². The Morgan fingerprint density at radius 1 is 1.00 bits per heavy atom. The highest BCUT2D eigenvalue weighted by molar-refractivity contribution is 6.34. The van der Waals surface area contributed by atoms with Gasteiger partial charge in [0.25, 0.3) is 5.91 Å². The van der Waals surface area contributed by atoms with E-state index in [4.69, 9.17) is 27.9 Å². The number of hydrogen-bond donors (Lipinski definition) is 1. The van der Waals surface area contributed by atoms with Crippen LogP contribution in [0.15, 0.2) is 36.4 Å². The predicted octanol–water partition coefficient (Wildman–Crippen LogP) is 3.92. The van der Waals surface area contributed by atoms with E-state index in [0.29, 0.717) is 40.1 Å². The molecule has 1 saturated heterocycles. The first-order valence-corrected chi connectivity index (χ1v) is 9.59. The van der Waals surface area contributed by atoms with Gasteiger partial charge in [0.2, 0.25) is 5.91 Å². The van der Waals surface area contributed by atoms with Crippen LogP contribution in [0.3, 0.4) is 0 Å². The lowest BCUT2D eigenvalue weighted by molar-refractivity contribution is -0.129. The molecule has 0 unspecified atom stereocenters. The van der Waals surface area contributed by atoms with Crippen molar-refractivity contribution in [2.75, 3.05) is 43.5 Å². The van der Waals surface area contributed by atoms with Gasteiger partial charge < -0.3 is 19.9 Å². The highest BCUT2D eigenvalue weighted by Crippen LogP contribution is 2.30. The first-order valence-electron chi connectivity index (χ1n) is 8.84. The Balaban J connectivity index is 1.68. The number of nitrogens with zero attached hydrogens (tertiary/aromatic N) is 2. The average molecular weight is 422 g/mol. The number of nitrogens with one attached hydrogen (secondary N) is 1. The highest BCUT2D eigenvalue weighted by Gasteiger charge is 2.20. The monoisotopic (exact) mass is 421 g/mol. The van der Waals surface area contributed by atoms with Crippen molar-refractivity contribution < 1.29 is 14.3 Å². The van der Waals surface area contributed by atoms with Crippen LogP contribution in [0.5, 0.6) is 5.75 Å². The zero-order chi connectivity index (χ0) is 20.3. The molecule has 2 aromatic carbocycles. The highest BCUT2D eigenvalue weighted by atomic mass is 35.5. The van der Waals surface area contributed by atoms with E-state index in [0.717, 1.165) is 18.8 Å². The molecule has 6 nitrogen and oxygen atoms in total. The maximum atomic E-state index is 12.5. The van der Waals surface area contributed by atoms with Gasteiger partial charge in [-0.15, -0.1) is 0 Å². The first kappa shape index (κ1) is 20.3. The number of rotatable bonds is 4. The van der Waals surface area contributed by atoms with Gasteiger partial charge in [0, 0.05) is 44.4 Å². The minimum absolute atomic E-state index is 0.0856. The number of carbonyl (C=O) groups is 2. The molecule has 0 bridgehead atoms. The van der Waals surface area contributed by atoms with E-state index < -0.39 is 0 Å². The Kier molecular flexibility index (Phi) is 6.31. The molecular weight excluding hydrogens is 401 g/mol. The van der Waals surface area contributed by atoms with E-state index >= 15 is 0 Å². The summed E-state index contributed by atoms with van der Waals surface area (Å²) in [5.74, 6) is 0.307. The summed E-state index contributed by atoms with van der Waals surface area (Å²) in [5.41, 5.74) is 1.90. The number of halogens is 2. The van der Waals surface area contributed by atoms with Gasteiger partial charge >= 0.3 is 0 Å². The minimum Gasteiger partial charge on any atom is -0.495 e. The summed E-state index contributed by atoms with van der Waals surface area (Å²) in [5, 5.41) is 3.73. The summed E-state index contributed by atoms with van der Waals surface area (Å²) in [6, 6.07) is 10.2. The molecule has 8 heteroatoms. The molecule has 0 spiro atoms. The lowest BCUT2D eigenvalue weighted by Crippen LogP contribution is -2.48. The molecule has 1 N–H and O–H groups in total. The molecule has 2 amide bonds. The van der Waals surface area contributed by atoms with Gasteiger partial charge in [0.15, 0.2) is 0 Å². The number of hydrogen-bond acceptors (Lipinski definition) is 4. The summed E-state index contributed by atoms with van der Waals surface area (Å²) < 4.78 is 5.10. The van der Waals surface area contributed by atoms with Gasteiger partial charge in [-0.05, 0) is 36.4 Å². The zero-order valence-corrected chi connectivity index (χ0v) is 17.2. The van der Waals surface area contributed by atoms with Crippen molar-refractivity contribution in [1.29, 1.82) is 0 Å². The zero-order valence-electron chi connectivity index (χ0n) is 15.7. The Morgan fingerprint density at radius 3 is 2.29 bits per heavy atom. The second-order valence-corrected chi connectivity index (χ2v) is 7.28. The van der Waals surface area contributed by atoms with Gasteiger partial charge in [-0.25, -0.2) is 0 Å². The number of benzene rings is 2. The number of methoxy groups -OCH3 is 1. The Bertz CT molecular complexity index is 896. The molecule has 0 aromatic heterocycles. The van der Waals surface area contributed by atoms with Gasteiger partial charge in [0.05, 0.1) is 22.8 Å². The summed E-state index contributed by atoms with van der Waals surface area (Å²) in [6.45, 7) is 4.35. The fourth-order valence-electron chi connectivity index (χ4n) is 3.11. The smallest absolute Gasteiger partial charge is 0.255 e. The van der Waals surface area contributed by atoms with Gasteiger partial charge in [0.1, 0.15) is 5.75 Å². The van der Waals surface area contributed by atoms with Gasteiger partial charge in [-0.3, -0.25) is 9.59 Å². The Hall–Kier alpha value is -2.44. The third kappa shape index (κ3) is 4.51. The van der Waals surface area contributed by atoms with Crippen molar-refractivity contribution in [3.8, 4) is 5.75 Å². The summed E-state index contributed by atoms with van der Waals surface area (Å²) >= 11 is 12.5. The largest absolute Gasteiger partial charge is 0.495 e. The second kappa shape index (κ2) is 8.71. The van der Waals surface area contributed by atoms with E-state index in [9.17, 15) is 9.59 Å². The molecular formula is C20H21Cl2N3O3. The first-order chi connectivity index (χ1) is 13.4. The Labute approximate surface area is 174 Å². The SMILES string of the molecule is COc1ccc(C(=O)Nc2ccc(N3CCN(C(C)=O)CC3)c(Cl)c2)cc1Cl. The average Bonchev–Trinajstić information content (AvgIpc) is 2.68. The normalized spacial score (nSPS) is 14.0. The van der Waals surface area contributed by atoms with E-state index in [-0.39, 0.29) is 11.8 Å². The van der Waals surface area contributed by atoms with Crippen molar-refractivity contribution >= 4 is 46.4 Å². The van der Waals surface area contributed by atoms with Crippen LogP contribution < -0.4 is 15.0 Å². The minimum atomic E-state index is -0.288. The molecule has 0 atom stereocenters. The van der Waals surface area contributed by atoms with Crippen LogP contribution >= 0.6 is 23.2 Å². The van der Waals surface area contributed by atoms with E-state index in [1.165, 1.54) is 7.11 Å². The molecule has 148 valence electrons. The molecule has 1 aliphatic rings. The van der Waals surface area contributed by atoms with Gasteiger partial charge in [-0.2, -0.15) is 0 Å². The molecule has 2 aromatic rings. The van der Waals surface area contributed by atoms with Crippen LogP contribution in [-0.2, 0) is 4.79 Å². The molecule has 1 aliphatic heterocycles. The number of amides is 2. The van der Waals surface area contributed by atoms with E-state index in [1.807, 2.05) is 17.0 Å². The van der Waals surface area contributed by atoms with Crippen LogP contribution in [0.4, 0.5) is 11.4 Å². The van der Waals surface area contributed by atoms with E-state index in [1.54, 1.807) is 31.2 Å². The molecule has 1 fully saturated rings. The van der Waals surface area contributed by atoms with Crippen molar-refractivity contribution in [1.82, 2.24) is 4.90 Å². The number of ether oxygens (including phenoxy) is 1. The maximum Gasteiger partial charge on any atom is 0.255 e. The molecule has 28 heavy (non-hydrogen) atoms. The number of anilines is 2. The number of piperazine rings is 1. The molecule has 3 rings (SSSR count). The fourth-order valence-corrected chi connectivity index (χ4v) is 3.67. The standard InChI is InChI=1S/C20H21Cl2N3O3/c1-13(26)24-7-9-25(10-8-24)18-5-4-15(12-16(18)21)23-20(27)14-3-6-19(28-2)17(22)11-14/h3-6,11-12H,7-10H2,1-2H3,(H,23,27). The molecule has 0 saturated carbocycles. The quantitative estimate of drug-likeness (QED) is 0.812. The summed E-state index contributed by atoms with van der Waals surface area (Å²) in [6.07, 6.45) is 0. The molecule has 1 heterocycles. The van der Waals surface area contributed by atoms with Crippen LogP contribution in [0, 0.1) is 0 Å². The van der Waals surface area contributed by atoms with Crippen LogP contribution in [-0.4, -0.2) is 50.0 Å². The van der Waals surface area contributed by atoms with Crippen LogP contribution in [0.1, 0.15) is 17.3 Å². The fraction of sp³-hybridized carbons (Fsp3) is 0.300. The maximum absolute atomic E-state index is 12.5. The van der Waals surface area contributed by atoms with Crippen molar-refractivity contribution in [3.05, 3.63) is 52.0 Å². The van der Waals surface area contributed by atoms with Gasteiger partial charge in [-0.1, -0.05) is 23.2 Å². The van der Waals surface area contributed by atoms with Crippen LogP contribution in [0.2, 0.25) is 10.0 Å². The summed E-state index contributed by atoms with van der Waals surface area (Å²) in [7, 11) is 1.52. The Morgan fingerprint density at radius 2 is 1.71 bits per heavy atom. The van der Waals surface area contributed by atoms with Crippen molar-refractivity contribution in [2.24, 2.45) is 0 Å². The van der Waals surface area contributed by atoms with E-state index in [2.05, 4.69) is 10.2 Å². The molecule has 0 radical (unpaired) electrons. The molecule has 0 aliphatic carbocycles.